The largest absolute Gasteiger partial charge is 0.353 e. The Hall–Kier alpha value is -2.91. The highest BCUT2D eigenvalue weighted by atomic mass is 32.1. The van der Waals surface area contributed by atoms with E-state index in [1.54, 1.807) is 6.08 Å². The topological polar surface area (TPSA) is 52.5 Å². The van der Waals surface area contributed by atoms with Gasteiger partial charge in [0.15, 0.2) is 10.8 Å². The Balaban J connectivity index is 1.32. The minimum Gasteiger partial charge on any atom is -0.353 e. The molecule has 2 N–H and O–H groups in total. The number of nitrogens with zero attached hydrogens (tertiary/aromatic N) is 3. The fourth-order valence-electron chi connectivity index (χ4n) is 4.45. The predicted octanol–water partition coefficient (Wildman–Crippen LogP) is 6.26. The number of nitrogens with one attached hydrogen (secondary N) is 2. The Kier molecular flexibility index (Phi) is 6.82. The molecule has 1 aliphatic carbocycles. The summed E-state index contributed by atoms with van der Waals surface area (Å²) in [7, 11) is 0. The lowest BCUT2D eigenvalue weighted by Gasteiger charge is -2.23. The predicted molar refractivity (Wildman–Crippen MR) is 131 cm³/mol. The van der Waals surface area contributed by atoms with Crippen molar-refractivity contribution in [2.75, 3.05) is 25.0 Å². The van der Waals surface area contributed by atoms with Crippen molar-refractivity contribution >= 4 is 33.5 Å². The summed E-state index contributed by atoms with van der Waals surface area (Å²) < 4.78 is 40.3. The molecule has 0 bridgehead atoms. The molecule has 9 heteroatoms. The summed E-state index contributed by atoms with van der Waals surface area (Å²) in [5.74, 6) is 0.623. The van der Waals surface area contributed by atoms with Crippen LogP contribution in [0, 0.1) is 5.92 Å². The van der Waals surface area contributed by atoms with E-state index in [1.807, 2.05) is 36.4 Å². The third-order valence-corrected chi connectivity index (χ3v) is 7.23. The van der Waals surface area contributed by atoms with Gasteiger partial charge in [-0.25, -0.2) is 23.1 Å². The fraction of sp³-hybridized carbons (Fsp3) is 0.360. The van der Waals surface area contributed by atoms with Gasteiger partial charge in [0.2, 0.25) is 0 Å². The maximum absolute atomic E-state index is 13.4. The average Bonchev–Trinajstić information content (AvgIpc) is 2.97. The third kappa shape index (κ3) is 5.10. The summed E-state index contributed by atoms with van der Waals surface area (Å²) in [6, 6.07) is 7.93. The van der Waals surface area contributed by atoms with Crippen molar-refractivity contribution in [2.45, 2.75) is 31.7 Å². The lowest BCUT2D eigenvalue weighted by Crippen LogP contribution is -2.35. The van der Waals surface area contributed by atoms with Crippen molar-refractivity contribution in [3.63, 3.8) is 0 Å². The number of aliphatic imine (C=N–C) groups is 1. The second-order valence-electron chi connectivity index (χ2n) is 8.57. The van der Waals surface area contributed by atoms with Crippen LogP contribution in [-0.2, 0) is 0 Å². The van der Waals surface area contributed by atoms with Crippen LogP contribution in [-0.4, -0.2) is 41.4 Å². The number of halogens is 3. The van der Waals surface area contributed by atoms with Crippen molar-refractivity contribution in [1.82, 2.24) is 15.2 Å². The van der Waals surface area contributed by atoms with Gasteiger partial charge in [-0.2, -0.15) is 0 Å². The van der Waals surface area contributed by atoms with E-state index in [-0.39, 0.29) is 16.8 Å². The van der Waals surface area contributed by atoms with Gasteiger partial charge in [0.05, 0.1) is 11.4 Å². The van der Waals surface area contributed by atoms with E-state index in [2.05, 4.69) is 20.5 Å². The van der Waals surface area contributed by atoms with Gasteiger partial charge < -0.3 is 15.5 Å². The SMILES string of the molecule is FC1=CC=CC(CC[C@H]2CCN(C3=Nc4ccccc4Nc4sc(C(F)F)nc43)CCN2)C=C1. The molecule has 0 amide bonds. The summed E-state index contributed by atoms with van der Waals surface area (Å²) in [5, 5.41) is 7.26. The summed E-state index contributed by atoms with van der Waals surface area (Å²) in [4.78, 5) is 11.3. The first kappa shape index (κ1) is 22.9. The molecule has 1 fully saturated rings. The zero-order valence-corrected chi connectivity index (χ0v) is 19.4. The molecule has 2 aromatic rings. The summed E-state index contributed by atoms with van der Waals surface area (Å²) >= 11 is 0.980. The molecule has 1 aromatic carbocycles. The van der Waals surface area contributed by atoms with Crippen molar-refractivity contribution in [3.8, 4) is 0 Å². The zero-order valence-electron chi connectivity index (χ0n) is 18.6. The normalized spacial score (nSPS) is 22.2. The highest BCUT2D eigenvalue weighted by Gasteiger charge is 2.29. The molecule has 0 saturated carbocycles. The molecule has 5 nitrogen and oxygen atoms in total. The number of aromatic nitrogens is 1. The molecule has 5 rings (SSSR count). The Bertz CT molecular complexity index is 1150. The molecular formula is C25H26F3N5S. The standard InChI is InChI=1S/C25H26F3N5S/c26-17-5-3-4-16(8-10-17)9-11-18-12-14-33(15-13-29-18)23-21-24(34-25(32-21)22(27)28)31-20-7-2-1-6-19(20)30-23/h1-8,10,16,18,22,29,31H,9,11-15H2/t16?,18-/m0/s1. The number of thiazole rings is 1. The first-order valence-electron chi connectivity index (χ1n) is 11.5. The van der Waals surface area contributed by atoms with E-state index >= 15 is 0 Å². The first-order chi connectivity index (χ1) is 16.6. The summed E-state index contributed by atoms with van der Waals surface area (Å²) in [5.41, 5.74) is 2.03. The van der Waals surface area contributed by atoms with Crippen LogP contribution in [0.2, 0.25) is 0 Å². The number of fused-ring (bicyclic) bond motifs is 2. The van der Waals surface area contributed by atoms with Gasteiger partial charge in [-0.1, -0.05) is 41.7 Å². The molecule has 3 aliphatic rings. The number of para-hydroxylation sites is 2. The van der Waals surface area contributed by atoms with Crippen molar-refractivity contribution in [3.05, 3.63) is 71.2 Å². The number of benzene rings is 1. The summed E-state index contributed by atoms with van der Waals surface area (Å²) in [6.07, 6.45) is 8.88. The molecular weight excluding hydrogens is 459 g/mol. The molecule has 1 unspecified atom stereocenters. The lowest BCUT2D eigenvalue weighted by molar-refractivity contribution is 0.151. The van der Waals surface area contributed by atoms with E-state index < -0.39 is 6.43 Å². The highest BCUT2D eigenvalue weighted by molar-refractivity contribution is 7.16. The molecule has 178 valence electrons. The molecule has 3 heterocycles. The van der Waals surface area contributed by atoms with Crippen LogP contribution in [0.25, 0.3) is 0 Å². The van der Waals surface area contributed by atoms with Gasteiger partial charge in [-0.05, 0) is 49.5 Å². The minimum atomic E-state index is -2.62. The smallest absolute Gasteiger partial charge is 0.289 e. The fourth-order valence-corrected chi connectivity index (χ4v) is 5.28. The van der Waals surface area contributed by atoms with E-state index in [9.17, 15) is 13.2 Å². The number of amidine groups is 1. The van der Waals surface area contributed by atoms with E-state index in [0.717, 1.165) is 55.1 Å². The number of allylic oxidation sites excluding steroid dienone is 6. The van der Waals surface area contributed by atoms with Gasteiger partial charge >= 0.3 is 0 Å². The first-order valence-corrected chi connectivity index (χ1v) is 12.3. The van der Waals surface area contributed by atoms with Crippen LogP contribution >= 0.6 is 11.3 Å². The molecule has 0 spiro atoms. The van der Waals surface area contributed by atoms with E-state index in [4.69, 9.17) is 4.99 Å². The Morgan fingerprint density at radius 3 is 2.91 bits per heavy atom. The van der Waals surface area contributed by atoms with Crippen LogP contribution in [0.15, 0.2) is 65.5 Å². The third-order valence-electron chi connectivity index (χ3n) is 6.25. The van der Waals surface area contributed by atoms with Crippen LogP contribution in [0.3, 0.4) is 0 Å². The maximum atomic E-state index is 13.4. The number of hydrogen-bond donors (Lipinski definition) is 2. The average molecular weight is 486 g/mol. The quantitative estimate of drug-likeness (QED) is 0.537. The second-order valence-corrected chi connectivity index (χ2v) is 9.60. The zero-order chi connectivity index (χ0) is 23.5. The number of hydrogen-bond acceptors (Lipinski definition) is 6. The lowest BCUT2D eigenvalue weighted by atomic mass is 9.97. The minimum absolute atomic E-state index is 0.203. The molecule has 2 atom stereocenters. The van der Waals surface area contributed by atoms with Gasteiger partial charge in [-0.3, -0.25) is 0 Å². The van der Waals surface area contributed by atoms with Gasteiger partial charge in [0.1, 0.15) is 16.5 Å². The Morgan fingerprint density at radius 1 is 1.15 bits per heavy atom. The molecule has 2 aliphatic heterocycles. The highest BCUT2D eigenvalue weighted by Crippen LogP contribution is 2.40. The molecule has 34 heavy (non-hydrogen) atoms. The molecule has 0 radical (unpaired) electrons. The Morgan fingerprint density at radius 2 is 2.03 bits per heavy atom. The number of alkyl halides is 2. The molecule has 1 aromatic heterocycles. The van der Waals surface area contributed by atoms with Crippen LogP contribution < -0.4 is 10.6 Å². The number of anilines is 2. The van der Waals surface area contributed by atoms with Crippen LogP contribution in [0.1, 0.15) is 36.4 Å². The maximum Gasteiger partial charge on any atom is 0.289 e. The molecule has 1 saturated heterocycles. The van der Waals surface area contributed by atoms with Gasteiger partial charge in [0, 0.05) is 25.7 Å². The van der Waals surface area contributed by atoms with Gasteiger partial charge in [0.25, 0.3) is 6.43 Å². The Labute approximate surface area is 200 Å². The van der Waals surface area contributed by atoms with Crippen molar-refractivity contribution in [2.24, 2.45) is 10.9 Å². The van der Waals surface area contributed by atoms with Crippen molar-refractivity contribution in [1.29, 1.82) is 0 Å². The monoisotopic (exact) mass is 485 g/mol. The van der Waals surface area contributed by atoms with Gasteiger partial charge in [-0.15, -0.1) is 0 Å². The van der Waals surface area contributed by atoms with Crippen LogP contribution in [0.4, 0.5) is 29.5 Å². The van der Waals surface area contributed by atoms with E-state index in [1.165, 1.54) is 12.2 Å². The summed E-state index contributed by atoms with van der Waals surface area (Å²) in [6.45, 7) is 2.20. The second kappa shape index (κ2) is 10.1. The van der Waals surface area contributed by atoms with E-state index in [0.29, 0.717) is 29.1 Å². The van der Waals surface area contributed by atoms with Crippen molar-refractivity contribution < 1.29 is 13.2 Å². The van der Waals surface area contributed by atoms with Crippen LogP contribution in [0.5, 0.6) is 0 Å². The number of rotatable bonds is 4.